The molecule has 0 saturated heterocycles. The van der Waals surface area contributed by atoms with Crippen molar-refractivity contribution in [2.75, 3.05) is 0 Å². The van der Waals surface area contributed by atoms with Crippen LogP contribution in [0.5, 0.6) is 0 Å². The van der Waals surface area contributed by atoms with Crippen molar-refractivity contribution in [3.8, 4) is 0 Å². The molecule has 6 nitrogen and oxygen atoms in total. The average molecular weight is 366 g/mol. The van der Waals surface area contributed by atoms with Crippen LogP contribution >= 0.6 is 11.3 Å². The number of nitrogens with zero attached hydrogens (tertiary/aromatic N) is 3. The Morgan fingerprint density at radius 1 is 1.27 bits per heavy atom. The molecule has 3 aromatic heterocycles. The summed E-state index contributed by atoms with van der Waals surface area (Å²) in [6.45, 7) is 6.25. The normalized spacial score (nSPS) is 11.5. The lowest BCUT2D eigenvalue weighted by Crippen LogP contribution is -2.23. The minimum Gasteiger partial charge on any atom is -0.345 e. The number of benzene rings is 1. The third-order valence-corrected chi connectivity index (χ3v) is 5.25. The van der Waals surface area contributed by atoms with Crippen LogP contribution in [0.4, 0.5) is 0 Å². The van der Waals surface area contributed by atoms with Crippen LogP contribution in [-0.4, -0.2) is 21.0 Å². The van der Waals surface area contributed by atoms with E-state index >= 15 is 0 Å². The number of hydrogen-bond donors (Lipinski definition) is 1. The Kier molecular flexibility index (Phi) is 4.16. The number of fused-ring (bicyclic) bond motifs is 2. The summed E-state index contributed by atoms with van der Waals surface area (Å²) in [4.78, 5) is 21.9. The second kappa shape index (κ2) is 6.49. The smallest absolute Gasteiger partial charge is 0.259 e. The number of nitrogens with one attached hydrogen (secondary N) is 1. The quantitative estimate of drug-likeness (QED) is 0.585. The first kappa shape index (κ1) is 16.7. The monoisotopic (exact) mass is 366 g/mol. The van der Waals surface area contributed by atoms with Gasteiger partial charge in [0, 0.05) is 5.69 Å². The van der Waals surface area contributed by atoms with E-state index in [-0.39, 0.29) is 11.8 Å². The van der Waals surface area contributed by atoms with Gasteiger partial charge in [0.05, 0.1) is 33.4 Å². The summed E-state index contributed by atoms with van der Waals surface area (Å²) in [6.07, 6.45) is 0. The van der Waals surface area contributed by atoms with Gasteiger partial charge < -0.3 is 9.84 Å². The molecule has 0 aliphatic heterocycles. The molecule has 0 bridgehead atoms. The van der Waals surface area contributed by atoms with Gasteiger partial charge >= 0.3 is 0 Å². The highest BCUT2D eigenvalue weighted by atomic mass is 32.1. The number of thiazole rings is 1. The number of carbonyl (C=O) groups excluding carboxylic acids is 1. The highest BCUT2D eigenvalue weighted by Gasteiger charge is 2.20. The van der Waals surface area contributed by atoms with Crippen molar-refractivity contribution < 1.29 is 9.32 Å². The maximum absolute atomic E-state index is 12.8. The Bertz CT molecular complexity index is 1080. The number of rotatable bonds is 4. The zero-order valence-corrected chi connectivity index (χ0v) is 15.6. The molecule has 0 saturated carbocycles. The van der Waals surface area contributed by atoms with Crippen LogP contribution in [0.15, 0.2) is 34.9 Å². The van der Waals surface area contributed by atoms with Gasteiger partial charge in [0.15, 0.2) is 0 Å². The van der Waals surface area contributed by atoms with E-state index in [1.165, 1.54) is 0 Å². The third-order valence-electron chi connectivity index (χ3n) is 4.21. The summed E-state index contributed by atoms with van der Waals surface area (Å²) in [5.41, 5.74) is 3.36. The van der Waals surface area contributed by atoms with E-state index in [0.29, 0.717) is 28.9 Å². The molecule has 1 amide bonds. The van der Waals surface area contributed by atoms with Crippen molar-refractivity contribution >= 4 is 38.6 Å². The molecule has 0 radical (unpaired) electrons. The number of amides is 1. The minimum absolute atomic E-state index is 0.176. The largest absolute Gasteiger partial charge is 0.345 e. The summed E-state index contributed by atoms with van der Waals surface area (Å²) in [5.74, 6) is 0.00507. The maximum Gasteiger partial charge on any atom is 0.259 e. The Morgan fingerprint density at radius 2 is 2.08 bits per heavy atom. The molecule has 0 aliphatic rings. The van der Waals surface area contributed by atoms with E-state index in [0.717, 1.165) is 20.9 Å². The third kappa shape index (κ3) is 2.94. The van der Waals surface area contributed by atoms with E-state index < -0.39 is 0 Å². The number of carbonyl (C=O) groups is 1. The topological polar surface area (TPSA) is 80.9 Å². The molecule has 1 N–H and O–H groups in total. The van der Waals surface area contributed by atoms with E-state index in [9.17, 15) is 4.79 Å². The maximum atomic E-state index is 12.8. The minimum atomic E-state index is -0.176. The lowest BCUT2D eigenvalue weighted by atomic mass is 10.0. The number of aryl methyl sites for hydroxylation is 1. The molecule has 7 heteroatoms. The lowest BCUT2D eigenvalue weighted by Gasteiger charge is -2.09. The molecule has 26 heavy (non-hydrogen) atoms. The van der Waals surface area contributed by atoms with Crippen molar-refractivity contribution in [3.63, 3.8) is 0 Å². The Balaban J connectivity index is 1.64. The van der Waals surface area contributed by atoms with Gasteiger partial charge in [-0.1, -0.05) is 31.1 Å². The van der Waals surface area contributed by atoms with E-state index in [1.54, 1.807) is 11.3 Å². The Labute approximate surface area is 154 Å². The fourth-order valence-corrected chi connectivity index (χ4v) is 3.74. The predicted octanol–water partition coefficient (Wildman–Crippen LogP) is 4.19. The molecule has 1 aromatic carbocycles. The molecule has 0 spiro atoms. The van der Waals surface area contributed by atoms with Gasteiger partial charge in [0.25, 0.3) is 11.6 Å². The first-order valence-electron chi connectivity index (χ1n) is 8.42. The molecule has 4 aromatic rings. The van der Waals surface area contributed by atoms with Gasteiger partial charge in [-0.2, -0.15) is 0 Å². The standard InChI is InChI=1S/C19H18N4O2S/c1-10(2)14-8-12(17-11(3)23-25-19(17)22-14)18(24)20-9-16-21-13-6-4-5-7-15(13)26-16/h4-8,10H,9H2,1-3H3,(H,20,24). The molecule has 0 unspecified atom stereocenters. The molecule has 3 heterocycles. The summed E-state index contributed by atoms with van der Waals surface area (Å²) >= 11 is 1.58. The summed E-state index contributed by atoms with van der Waals surface area (Å²) in [5, 5.41) is 8.46. The van der Waals surface area contributed by atoms with Crippen LogP contribution in [0.3, 0.4) is 0 Å². The Hall–Kier alpha value is -2.80. The fourth-order valence-electron chi connectivity index (χ4n) is 2.84. The van der Waals surface area contributed by atoms with Crippen LogP contribution in [0.2, 0.25) is 0 Å². The van der Waals surface area contributed by atoms with Crippen molar-refractivity contribution in [3.05, 3.63) is 52.3 Å². The summed E-state index contributed by atoms with van der Waals surface area (Å²) in [6, 6.07) is 9.77. The zero-order valence-electron chi connectivity index (χ0n) is 14.7. The molecule has 132 valence electrons. The van der Waals surface area contributed by atoms with Gasteiger partial charge in [-0.05, 0) is 31.0 Å². The molecule has 4 rings (SSSR count). The van der Waals surface area contributed by atoms with Crippen molar-refractivity contribution in [1.29, 1.82) is 0 Å². The number of pyridine rings is 1. The molecular weight excluding hydrogens is 348 g/mol. The van der Waals surface area contributed by atoms with E-state index in [1.807, 2.05) is 51.1 Å². The molecule has 0 aliphatic carbocycles. The first-order chi connectivity index (χ1) is 12.5. The van der Waals surface area contributed by atoms with Crippen molar-refractivity contribution in [1.82, 2.24) is 20.4 Å². The number of hydrogen-bond acceptors (Lipinski definition) is 6. The first-order valence-corrected chi connectivity index (χ1v) is 9.24. The lowest BCUT2D eigenvalue weighted by molar-refractivity contribution is 0.0952. The molecule has 0 atom stereocenters. The zero-order chi connectivity index (χ0) is 18.3. The fraction of sp³-hybridized carbons (Fsp3) is 0.263. The van der Waals surface area contributed by atoms with Crippen LogP contribution in [0.1, 0.15) is 46.5 Å². The highest BCUT2D eigenvalue weighted by molar-refractivity contribution is 7.18. The van der Waals surface area contributed by atoms with Gasteiger partial charge in [0.1, 0.15) is 5.01 Å². The number of para-hydroxylation sites is 1. The van der Waals surface area contributed by atoms with Gasteiger partial charge in [0.2, 0.25) is 0 Å². The van der Waals surface area contributed by atoms with Crippen LogP contribution in [-0.2, 0) is 6.54 Å². The number of aromatic nitrogens is 3. The van der Waals surface area contributed by atoms with Crippen LogP contribution < -0.4 is 5.32 Å². The van der Waals surface area contributed by atoms with Crippen molar-refractivity contribution in [2.24, 2.45) is 0 Å². The summed E-state index contributed by atoms with van der Waals surface area (Å²) < 4.78 is 6.39. The predicted molar refractivity (Wildman–Crippen MR) is 101 cm³/mol. The second-order valence-electron chi connectivity index (χ2n) is 6.46. The van der Waals surface area contributed by atoms with E-state index in [4.69, 9.17) is 4.52 Å². The molecular formula is C19H18N4O2S. The van der Waals surface area contributed by atoms with E-state index in [2.05, 4.69) is 20.4 Å². The van der Waals surface area contributed by atoms with Crippen LogP contribution in [0, 0.1) is 6.92 Å². The average Bonchev–Trinajstić information content (AvgIpc) is 3.22. The Morgan fingerprint density at radius 3 is 2.85 bits per heavy atom. The SMILES string of the molecule is Cc1noc2nc(C(C)C)cc(C(=O)NCc3nc4ccccc4s3)c12. The molecule has 0 fully saturated rings. The van der Waals surface area contributed by atoms with Gasteiger partial charge in [-0.15, -0.1) is 11.3 Å². The van der Waals surface area contributed by atoms with Crippen LogP contribution in [0.25, 0.3) is 21.3 Å². The van der Waals surface area contributed by atoms with Crippen molar-refractivity contribution in [2.45, 2.75) is 33.2 Å². The van der Waals surface area contributed by atoms with Gasteiger partial charge in [-0.3, -0.25) is 4.79 Å². The highest BCUT2D eigenvalue weighted by Crippen LogP contribution is 2.25. The van der Waals surface area contributed by atoms with Gasteiger partial charge in [-0.25, -0.2) is 9.97 Å². The second-order valence-corrected chi connectivity index (χ2v) is 7.57. The summed E-state index contributed by atoms with van der Waals surface area (Å²) in [7, 11) is 0.